The molecule has 30 heavy (non-hydrogen) atoms. The van der Waals surface area contributed by atoms with E-state index in [1.807, 2.05) is 37.3 Å². The van der Waals surface area contributed by atoms with E-state index in [0.29, 0.717) is 12.1 Å². The van der Waals surface area contributed by atoms with E-state index >= 15 is 0 Å². The smallest absolute Gasteiger partial charge is 0.261 e. The summed E-state index contributed by atoms with van der Waals surface area (Å²) in [5.74, 6) is 0.469. The molecule has 3 rings (SSSR count). The average Bonchev–Trinajstić information content (AvgIpc) is 2.73. The van der Waals surface area contributed by atoms with Gasteiger partial charge in [0, 0.05) is 22.8 Å². The first kappa shape index (κ1) is 22.2. The van der Waals surface area contributed by atoms with Crippen LogP contribution in [0.15, 0.2) is 82.6 Å². The van der Waals surface area contributed by atoms with Crippen LogP contribution in [-0.2, 0) is 10.0 Å². The Balaban J connectivity index is 1.59. The molecule has 0 heterocycles. The van der Waals surface area contributed by atoms with Crippen molar-refractivity contribution in [3.05, 3.63) is 88.9 Å². The maximum Gasteiger partial charge on any atom is 0.261 e. The zero-order valence-electron chi connectivity index (χ0n) is 16.3. The van der Waals surface area contributed by atoms with Gasteiger partial charge in [0.2, 0.25) is 0 Å². The summed E-state index contributed by atoms with van der Waals surface area (Å²) < 4.78 is 27.5. The number of aryl methyl sites for hydroxylation is 1. The number of hydrogen-bond acceptors (Lipinski definition) is 4. The molecule has 3 aromatic carbocycles. The molecule has 0 saturated carbocycles. The first-order valence-electron chi connectivity index (χ1n) is 9.20. The highest BCUT2D eigenvalue weighted by molar-refractivity contribution is 7.99. The number of amides is 1. The lowest BCUT2D eigenvalue weighted by Gasteiger charge is -2.11. The molecule has 0 spiro atoms. The molecule has 0 atom stereocenters. The first-order chi connectivity index (χ1) is 14.3. The van der Waals surface area contributed by atoms with Gasteiger partial charge >= 0.3 is 0 Å². The molecule has 0 aliphatic heterocycles. The van der Waals surface area contributed by atoms with Crippen molar-refractivity contribution in [1.29, 1.82) is 0 Å². The SMILES string of the molecule is Cc1ccc(S(=O)(=O)Nc2ccc(C(=O)NCCSc3ccccc3)cc2Cl)cc1. The second kappa shape index (κ2) is 10.0. The molecular weight excluding hydrogens is 440 g/mol. The van der Waals surface area contributed by atoms with Gasteiger partial charge in [0.1, 0.15) is 0 Å². The van der Waals surface area contributed by atoms with Crippen molar-refractivity contribution in [2.75, 3.05) is 17.0 Å². The lowest BCUT2D eigenvalue weighted by molar-refractivity contribution is 0.0956. The summed E-state index contributed by atoms with van der Waals surface area (Å²) in [6, 6.07) is 20.9. The molecule has 0 fully saturated rings. The van der Waals surface area contributed by atoms with Crippen LogP contribution in [0, 0.1) is 6.92 Å². The van der Waals surface area contributed by atoms with Crippen molar-refractivity contribution in [2.45, 2.75) is 16.7 Å². The van der Waals surface area contributed by atoms with Crippen LogP contribution in [-0.4, -0.2) is 26.6 Å². The number of sulfonamides is 1. The number of rotatable bonds is 8. The molecule has 0 bridgehead atoms. The maximum atomic E-state index is 12.5. The summed E-state index contributed by atoms with van der Waals surface area (Å²) in [6.45, 7) is 2.38. The van der Waals surface area contributed by atoms with E-state index < -0.39 is 10.0 Å². The van der Waals surface area contributed by atoms with Crippen LogP contribution in [0.2, 0.25) is 5.02 Å². The Morgan fingerprint density at radius 3 is 2.37 bits per heavy atom. The van der Waals surface area contributed by atoms with Crippen LogP contribution in [0.3, 0.4) is 0 Å². The second-order valence-corrected chi connectivity index (χ2v) is 9.79. The molecule has 0 unspecified atom stereocenters. The minimum Gasteiger partial charge on any atom is -0.351 e. The quantitative estimate of drug-likeness (QED) is 0.367. The van der Waals surface area contributed by atoms with Crippen LogP contribution in [0.5, 0.6) is 0 Å². The number of benzene rings is 3. The Kier molecular flexibility index (Phi) is 7.42. The molecule has 0 aromatic heterocycles. The van der Waals surface area contributed by atoms with Gasteiger partial charge in [-0.05, 0) is 49.4 Å². The minimum atomic E-state index is -3.77. The van der Waals surface area contributed by atoms with E-state index in [1.54, 1.807) is 30.0 Å². The third-order valence-electron chi connectivity index (χ3n) is 4.21. The lowest BCUT2D eigenvalue weighted by atomic mass is 10.2. The van der Waals surface area contributed by atoms with Crippen LogP contribution < -0.4 is 10.0 Å². The van der Waals surface area contributed by atoms with Crippen LogP contribution in [0.25, 0.3) is 0 Å². The summed E-state index contributed by atoms with van der Waals surface area (Å²) in [5.41, 5.74) is 1.54. The molecule has 2 N–H and O–H groups in total. The molecule has 1 amide bonds. The standard InChI is InChI=1S/C22H21ClN2O3S2/c1-16-7-10-19(11-8-16)30(27,28)25-21-12-9-17(15-20(21)23)22(26)24-13-14-29-18-5-3-2-4-6-18/h2-12,15,25H,13-14H2,1H3,(H,24,26). The number of thioether (sulfide) groups is 1. The van der Waals surface area contributed by atoms with E-state index in [1.165, 1.54) is 24.3 Å². The fourth-order valence-corrected chi connectivity index (χ4v) is 4.77. The van der Waals surface area contributed by atoms with Gasteiger partial charge in [-0.3, -0.25) is 9.52 Å². The van der Waals surface area contributed by atoms with Gasteiger partial charge < -0.3 is 5.32 Å². The highest BCUT2D eigenvalue weighted by atomic mass is 35.5. The van der Waals surface area contributed by atoms with E-state index in [4.69, 9.17) is 11.6 Å². The zero-order valence-corrected chi connectivity index (χ0v) is 18.7. The Hall–Kier alpha value is -2.48. The predicted octanol–water partition coefficient (Wildman–Crippen LogP) is 4.97. The molecule has 0 aliphatic rings. The number of halogens is 1. The summed E-state index contributed by atoms with van der Waals surface area (Å²) in [4.78, 5) is 13.6. The lowest BCUT2D eigenvalue weighted by Crippen LogP contribution is -2.25. The minimum absolute atomic E-state index is 0.141. The van der Waals surface area contributed by atoms with Gasteiger partial charge in [-0.15, -0.1) is 11.8 Å². The fraction of sp³-hybridized carbons (Fsp3) is 0.136. The third kappa shape index (κ3) is 6.01. The van der Waals surface area contributed by atoms with E-state index in [2.05, 4.69) is 10.0 Å². The van der Waals surface area contributed by atoms with Gasteiger partial charge in [0.25, 0.3) is 15.9 Å². The van der Waals surface area contributed by atoms with Crippen molar-refractivity contribution in [3.63, 3.8) is 0 Å². The maximum absolute atomic E-state index is 12.5. The Bertz CT molecular complexity index is 1120. The van der Waals surface area contributed by atoms with Gasteiger partial charge in [-0.1, -0.05) is 47.5 Å². The Morgan fingerprint density at radius 2 is 1.70 bits per heavy atom. The van der Waals surface area contributed by atoms with Crippen molar-refractivity contribution in [3.8, 4) is 0 Å². The molecule has 8 heteroatoms. The molecule has 5 nitrogen and oxygen atoms in total. The van der Waals surface area contributed by atoms with Crippen LogP contribution in [0.1, 0.15) is 15.9 Å². The zero-order chi connectivity index (χ0) is 21.6. The summed E-state index contributed by atoms with van der Waals surface area (Å²) in [6.07, 6.45) is 0. The normalized spacial score (nSPS) is 11.1. The van der Waals surface area contributed by atoms with Crippen LogP contribution in [0.4, 0.5) is 5.69 Å². The number of hydrogen-bond donors (Lipinski definition) is 2. The van der Waals surface area contributed by atoms with E-state index in [9.17, 15) is 13.2 Å². The topological polar surface area (TPSA) is 75.3 Å². The number of carbonyl (C=O) groups excluding carboxylic acids is 1. The summed E-state index contributed by atoms with van der Waals surface area (Å²) >= 11 is 7.87. The molecule has 0 saturated heterocycles. The molecule has 0 aliphatic carbocycles. The first-order valence-corrected chi connectivity index (χ1v) is 12.0. The largest absolute Gasteiger partial charge is 0.351 e. The van der Waals surface area contributed by atoms with Crippen molar-refractivity contribution in [1.82, 2.24) is 5.32 Å². The van der Waals surface area contributed by atoms with Crippen molar-refractivity contribution < 1.29 is 13.2 Å². The Morgan fingerprint density at radius 1 is 1.00 bits per heavy atom. The third-order valence-corrected chi connectivity index (χ3v) is 6.91. The van der Waals surface area contributed by atoms with E-state index in [0.717, 1.165) is 16.2 Å². The van der Waals surface area contributed by atoms with Gasteiger partial charge in [0.05, 0.1) is 15.6 Å². The number of carbonyl (C=O) groups is 1. The average molecular weight is 461 g/mol. The predicted molar refractivity (Wildman–Crippen MR) is 123 cm³/mol. The van der Waals surface area contributed by atoms with Crippen LogP contribution >= 0.6 is 23.4 Å². The van der Waals surface area contributed by atoms with Crippen molar-refractivity contribution >= 4 is 45.0 Å². The molecule has 3 aromatic rings. The summed E-state index contributed by atoms with van der Waals surface area (Å²) in [5, 5.41) is 2.99. The van der Waals surface area contributed by atoms with Gasteiger partial charge in [-0.25, -0.2) is 8.42 Å². The Labute approximate surface area is 185 Å². The highest BCUT2D eigenvalue weighted by Gasteiger charge is 2.16. The summed E-state index contributed by atoms with van der Waals surface area (Å²) in [7, 11) is -3.77. The number of anilines is 1. The van der Waals surface area contributed by atoms with Gasteiger partial charge in [-0.2, -0.15) is 0 Å². The highest BCUT2D eigenvalue weighted by Crippen LogP contribution is 2.26. The fourth-order valence-electron chi connectivity index (χ4n) is 2.61. The van der Waals surface area contributed by atoms with E-state index in [-0.39, 0.29) is 21.5 Å². The van der Waals surface area contributed by atoms with Crippen molar-refractivity contribution in [2.24, 2.45) is 0 Å². The number of nitrogens with one attached hydrogen (secondary N) is 2. The molecule has 0 radical (unpaired) electrons. The second-order valence-electron chi connectivity index (χ2n) is 6.53. The van der Waals surface area contributed by atoms with Gasteiger partial charge in [0.15, 0.2) is 0 Å². The molecular formula is C22H21ClN2O3S2. The molecule has 156 valence electrons. The monoisotopic (exact) mass is 460 g/mol.